The number of methoxy groups -OCH3 is 1. The molecular weight excluding hydrogens is 341 g/mol. The van der Waals surface area contributed by atoms with Crippen molar-refractivity contribution in [1.29, 1.82) is 0 Å². The van der Waals surface area contributed by atoms with Gasteiger partial charge in [-0.15, -0.1) is 24.8 Å². The maximum Gasteiger partial charge on any atom is 0.368 e. The van der Waals surface area contributed by atoms with Gasteiger partial charge in [-0.2, -0.15) is 9.98 Å². The third-order valence-electron chi connectivity index (χ3n) is 2.54. The molecule has 1 aromatic rings. The average molecular weight is 351 g/mol. The van der Waals surface area contributed by atoms with Crippen LogP contribution in [0.5, 0.6) is 0 Å². The summed E-state index contributed by atoms with van der Waals surface area (Å²) in [5.41, 5.74) is -0.0928. The van der Waals surface area contributed by atoms with Gasteiger partial charge in [-0.05, 0) is 18.2 Å². The molecule has 2 rings (SSSR count). The van der Waals surface area contributed by atoms with Gasteiger partial charge in [-0.3, -0.25) is 0 Å². The summed E-state index contributed by atoms with van der Waals surface area (Å²) in [4.78, 5) is 29.5. The summed E-state index contributed by atoms with van der Waals surface area (Å²) in [6.45, 7) is -0.0982. The zero-order chi connectivity index (χ0) is 14.7. The van der Waals surface area contributed by atoms with Crippen LogP contribution in [0.15, 0.2) is 33.8 Å². The second kappa shape index (κ2) is 8.51. The Hall–Kier alpha value is -1.92. The Labute approximate surface area is 136 Å². The molecule has 9 heteroatoms. The van der Waals surface area contributed by atoms with Crippen LogP contribution in [0.3, 0.4) is 0 Å². The molecule has 0 bridgehead atoms. The van der Waals surface area contributed by atoms with E-state index in [9.17, 15) is 18.4 Å². The molecule has 0 N–H and O–H groups in total. The van der Waals surface area contributed by atoms with Gasteiger partial charge in [0, 0.05) is 12.7 Å². The Morgan fingerprint density at radius 1 is 1.18 bits per heavy atom. The van der Waals surface area contributed by atoms with Crippen LogP contribution in [0.25, 0.3) is 0 Å². The van der Waals surface area contributed by atoms with Crippen LogP contribution in [0.2, 0.25) is 0 Å². The van der Waals surface area contributed by atoms with E-state index < -0.39 is 17.7 Å². The van der Waals surface area contributed by atoms with Gasteiger partial charge in [0.05, 0.1) is 18.0 Å². The number of rotatable bonds is 3. The summed E-state index contributed by atoms with van der Waals surface area (Å²) in [5, 5.41) is 0. The van der Waals surface area contributed by atoms with Gasteiger partial charge in [0.25, 0.3) is 0 Å². The van der Waals surface area contributed by atoms with Crippen molar-refractivity contribution in [3.8, 4) is 0 Å². The fraction of sp³-hybridized carbons (Fsp3) is 0.154. The number of hydrogen-bond donors (Lipinski definition) is 0. The zero-order valence-corrected chi connectivity index (χ0v) is 12.8. The van der Waals surface area contributed by atoms with Crippen LogP contribution < -0.4 is 0 Å². The van der Waals surface area contributed by atoms with Crippen LogP contribution in [0, 0.1) is 11.6 Å². The number of carbonyl (C=O) groups excluding carboxylic acids is 2. The van der Waals surface area contributed by atoms with Gasteiger partial charge in [0.2, 0.25) is 0 Å². The fourth-order valence-electron chi connectivity index (χ4n) is 1.69. The molecule has 0 spiro atoms. The highest BCUT2D eigenvalue weighted by Gasteiger charge is 2.24. The van der Waals surface area contributed by atoms with E-state index in [0.717, 1.165) is 12.1 Å². The lowest BCUT2D eigenvalue weighted by Crippen LogP contribution is -2.25. The van der Waals surface area contributed by atoms with Gasteiger partial charge >= 0.3 is 6.03 Å². The van der Waals surface area contributed by atoms with Crippen molar-refractivity contribution in [2.24, 2.45) is 9.98 Å². The van der Waals surface area contributed by atoms with Crippen molar-refractivity contribution in [2.75, 3.05) is 13.7 Å². The molecule has 0 saturated heterocycles. The monoisotopic (exact) mass is 350 g/mol. The van der Waals surface area contributed by atoms with Crippen LogP contribution in [-0.2, 0) is 9.53 Å². The van der Waals surface area contributed by atoms with Crippen molar-refractivity contribution in [2.45, 2.75) is 0 Å². The molecule has 2 amide bonds. The van der Waals surface area contributed by atoms with E-state index in [-0.39, 0.29) is 54.0 Å². The molecule has 0 atom stereocenters. The molecular formula is C13H10Cl2F2N2O3. The van der Waals surface area contributed by atoms with Crippen molar-refractivity contribution >= 4 is 48.2 Å². The maximum absolute atomic E-state index is 13.2. The fourth-order valence-corrected chi connectivity index (χ4v) is 1.69. The lowest BCUT2D eigenvalue weighted by molar-refractivity contribution is 0.243. The Bertz CT molecular complexity index is 699. The highest BCUT2D eigenvalue weighted by molar-refractivity contribution is 6.39. The van der Waals surface area contributed by atoms with Crippen LogP contribution >= 0.6 is 24.8 Å². The largest absolute Gasteiger partial charge is 0.378 e. The molecule has 0 radical (unpaired) electrons. The maximum atomic E-state index is 13.2. The molecule has 0 aliphatic carbocycles. The van der Waals surface area contributed by atoms with E-state index in [1.165, 1.54) is 13.2 Å². The predicted octanol–water partition coefficient (Wildman–Crippen LogP) is 2.58. The summed E-state index contributed by atoms with van der Waals surface area (Å²) < 4.78 is 31.0. The minimum absolute atomic E-state index is 0. The molecule has 1 heterocycles. The minimum atomic E-state index is -1.11. The summed E-state index contributed by atoms with van der Waals surface area (Å²) in [6.07, 6.45) is 0. The Kier molecular flexibility index (Phi) is 7.76. The highest BCUT2D eigenvalue weighted by Crippen LogP contribution is 2.17. The zero-order valence-electron chi connectivity index (χ0n) is 11.1. The van der Waals surface area contributed by atoms with Crippen molar-refractivity contribution in [1.82, 2.24) is 0 Å². The third-order valence-corrected chi connectivity index (χ3v) is 2.54. The quantitative estimate of drug-likeness (QED) is 0.786. The van der Waals surface area contributed by atoms with Crippen LogP contribution in [0.1, 0.15) is 5.56 Å². The Morgan fingerprint density at radius 2 is 1.86 bits per heavy atom. The third kappa shape index (κ3) is 4.05. The standard InChI is InChI=1S/C13H8F2N2O3.2ClH/c1-20-6-11-8(5-18)12(17-13(19)16-11)7-2-3-9(14)10(15)4-7;;/h2-4H,6H2,1H3;2*1H. The first-order chi connectivity index (χ1) is 9.56. The summed E-state index contributed by atoms with van der Waals surface area (Å²) in [6, 6.07) is 2.07. The molecule has 22 heavy (non-hydrogen) atoms. The molecule has 1 aliphatic rings. The van der Waals surface area contributed by atoms with Crippen molar-refractivity contribution < 1.29 is 23.1 Å². The predicted molar refractivity (Wildman–Crippen MR) is 81.3 cm³/mol. The molecule has 0 fully saturated rings. The van der Waals surface area contributed by atoms with Gasteiger partial charge in [0.15, 0.2) is 11.6 Å². The second-order valence-corrected chi connectivity index (χ2v) is 3.84. The van der Waals surface area contributed by atoms with Crippen molar-refractivity contribution in [3.05, 3.63) is 41.0 Å². The highest BCUT2D eigenvalue weighted by atomic mass is 35.5. The Morgan fingerprint density at radius 3 is 2.41 bits per heavy atom. The van der Waals surface area contributed by atoms with Gasteiger partial charge in [-0.1, -0.05) is 0 Å². The number of halogens is 4. The van der Waals surface area contributed by atoms with E-state index in [0.29, 0.717) is 0 Å². The van der Waals surface area contributed by atoms with Crippen LogP contribution in [-0.4, -0.2) is 37.1 Å². The molecule has 0 unspecified atom stereocenters. The van der Waals surface area contributed by atoms with E-state index in [2.05, 4.69) is 9.98 Å². The average Bonchev–Trinajstić information content (AvgIpc) is 2.42. The number of carbonyl (C=O) groups is 1. The molecule has 118 valence electrons. The summed E-state index contributed by atoms with van der Waals surface area (Å²) >= 11 is 0. The molecule has 0 aromatic heterocycles. The van der Waals surface area contributed by atoms with E-state index >= 15 is 0 Å². The lowest BCUT2D eigenvalue weighted by Gasteiger charge is -2.13. The smallest absolute Gasteiger partial charge is 0.368 e. The number of ether oxygens (including phenoxy) is 1. The van der Waals surface area contributed by atoms with Gasteiger partial charge in [0.1, 0.15) is 11.5 Å². The van der Waals surface area contributed by atoms with Gasteiger partial charge in [-0.25, -0.2) is 18.4 Å². The molecule has 5 nitrogen and oxygen atoms in total. The first-order valence-corrected chi connectivity index (χ1v) is 5.47. The SMILES string of the molecule is COCC1=NC(=O)N=C(c2ccc(F)c(F)c2)C1=C=O.Cl.Cl. The topological polar surface area (TPSA) is 68.1 Å². The van der Waals surface area contributed by atoms with Crippen molar-refractivity contribution in [3.63, 3.8) is 0 Å². The second-order valence-electron chi connectivity index (χ2n) is 3.84. The first-order valence-electron chi connectivity index (χ1n) is 5.47. The van der Waals surface area contributed by atoms with Gasteiger partial charge < -0.3 is 4.74 Å². The Balaban J connectivity index is 0.00000220. The number of hydrogen-bond acceptors (Lipinski definition) is 3. The van der Waals surface area contributed by atoms with E-state index in [4.69, 9.17) is 4.74 Å². The molecule has 0 saturated carbocycles. The number of aliphatic imine (C=N–C) groups is 2. The summed E-state index contributed by atoms with van der Waals surface area (Å²) in [5.74, 6) is -0.556. The lowest BCUT2D eigenvalue weighted by atomic mass is 9.98. The molecule has 1 aliphatic heterocycles. The summed E-state index contributed by atoms with van der Waals surface area (Å²) in [7, 11) is 1.36. The number of benzene rings is 1. The number of urea groups is 1. The number of amides is 2. The first kappa shape index (κ1) is 20.1. The van der Waals surface area contributed by atoms with E-state index in [1.807, 2.05) is 0 Å². The minimum Gasteiger partial charge on any atom is -0.378 e. The normalized spacial score (nSPS) is 13.4. The van der Waals surface area contributed by atoms with Crippen LogP contribution in [0.4, 0.5) is 13.6 Å². The molecule has 1 aromatic carbocycles. The van der Waals surface area contributed by atoms with E-state index in [1.54, 1.807) is 5.94 Å². The number of nitrogens with zero attached hydrogens (tertiary/aromatic N) is 2.